The molecule has 80 valence electrons. The molecule has 14 heavy (non-hydrogen) atoms. The van der Waals surface area contributed by atoms with Crippen molar-refractivity contribution in [2.45, 2.75) is 25.6 Å². The molecule has 1 saturated heterocycles. The Balaban J connectivity index is 2.94. The summed E-state index contributed by atoms with van der Waals surface area (Å²) in [6.45, 7) is 6.21. The van der Waals surface area contributed by atoms with Crippen LogP contribution in [0, 0.1) is 5.92 Å². The van der Waals surface area contributed by atoms with Gasteiger partial charge >= 0.3 is 6.03 Å². The number of nitrogens with zero attached hydrogens (tertiary/aromatic N) is 2. The van der Waals surface area contributed by atoms with Crippen molar-refractivity contribution in [1.82, 2.24) is 9.80 Å². The summed E-state index contributed by atoms with van der Waals surface area (Å²) in [6.07, 6.45) is 0. The molecule has 1 atom stereocenters. The van der Waals surface area contributed by atoms with Crippen LogP contribution >= 0.6 is 12.6 Å². The van der Waals surface area contributed by atoms with Gasteiger partial charge in [0.25, 0.3) is 5.91 Å². The van der Waals surface area contributed by atoms with Crippen LogP contribution in [0.1, 0.15) is 20.8 Å². The Hall–Kier alpha value is -0.710. The molecular formula is C9H16N2O2S. The zero-order valence-corrected chi connectivity index (χ0v) is 9.84. The Morgan fingerprint density at radius 2 is 1.93 bits per heavy atom. The smallest absolute Gasteiger partial charge is 0.301 e. The van der Waals surface area contributed by atoms with Crippen molar-refractivity contribution in [3.63, 3.8) is 0 Å². The largest absolute Gasteiger partial charge is 0.328 e. The molecule has 0 aromatic rings. The highest BCUT2D eigenvalue weighted by molar-refractivity contribution is 7.82. The van der Waals surface area contributed by atoms with E-state index in [1.54, 1.807) is 6.92 Å². The van der Waals surface area contributed by atoms with Crippen molar-refractivity contribution < 1.29 is 9.59 Å². The van der Waals surface area contributed by atoms with Crippen LogP contribution in [-0.2, 0) is 4.79 Å². The van der Waals surface area contributed by atoms with Crippen molar-refractivity contribution in [1.29, 1.82) is 0 Å². The van der Waals surface area contributed by atoms with Gasteiger partial charge < -0.3 is 4.90 Å². The Bertz CT molecular complexity index is 276. The molecule has 1 aliphatic heterocycles. The van der Waals surface area contributed by atoms with Crippen LogP contribution in [0.3, 0.4) is 0 Å². The molecule has 0 aromatic heterocycles. The maximum Gasteiger partial charge on any atom is 0.328 e. The average molecular weight is 216 g/mol. The Morgan fingerprint density at radius 3 is 2.21 bits per heavy atom. The molecule has 1 fully saturated rings. The topological polar surface area (TPSA) is 40.6 Å². The summed E-state index contributed by atoms with van der Waals surface area (Å²) in [5.41, 5.74) is 0. The van der Waals surface area contributed by atoms with E-state index in [4.69, 9.17) is 0 Å². The van der Waals surface area contributed by atoms with Gasteiger partial charge in [-0.05, 0) is 12.8 Å². The zero-order valence-electron chi connectivity index (χ0n) is 8.94. The predicted octanol–water partition coefficient (Wildman–Crippen LogP) is 1.18. The van der Waals surface area contributed by atoms with Crippen LogP contribution in [-0.4, -0.2) is 40.2 Å². The second kappa shape index (κ2) is 3.46. The van der Waals surface area contributed by atoms with E-state index in [0.717, 1.165) is 4.90 Å². The van der Waals surface area contributed by atoms with Gasteiger partial charge in [-0.15, -0.1) is 12.6 Å². The molecule has 1 rings (SSSR count). The van der Waals surface area contributed by atoms with Crippen LogP contribution in [0.15, 0.2) is 0 Å². The second-order valence-corrected chi connectivity index (χ2v) is 5.04. The number of carbonyl (C=O) groups is 2. The lowest BCUT2D eigenvalue weighted by Crippen LogP contribution is -2.43. The lowest BCUT2D eigenvalue weighted by Gasteiger charge is -2.28. The molecule has 1 heterocycles. The van der Waals surface area contributed by atoms with Crippen molar-refractivity contribution in [2.75, 3.05) is 13.6 Å². The van der Waals surface area contributed by atoms with Gasteiger partial charge in [0.05, 0.1) is 0 Å². The lowest BCUT2D eigenvalue weighted by molar-refractivity contribution is -0.128. The predicted molar refractivity (Wildman–Crippen MR) is 57.1 cm³/mol. The lowest BCUT2D eigenvalue weighted by atomic mass is 10.2. The number of urea groups is 1. The van der Waals surface area contributed by atoms with Crippen molar-refractivity contribution in [2.24, 2.45) is 5.92 Å². The molecule has 3 amide bonds. The molecule has 0 saturated carbocycles. The third kappa shape index (κ3) is 1.61. The van der Waals surface area contributed by atoms with Crippen molar-refractivity contribution in [3.8, 4) is 0 Å². The molecular weight excluding hydrogens is 200 g/mol. The quantitative estimate of drug-likeness (QED) is 0.556. The number of imide groups is 1. The second-order valence-electron chi connectivity index (χ2n) is 4.17. The first-order valence-electron chi connectivity index (χ1n) is 4.60. The van der Waals surface area contributed by atoms with Crippen LogP contribution in [0.2, 0.25) is 0 Å². The van der Waals surface area contributed by atoms with Gasteiger partial charge in [0.15, 0.2) is 4.87 Å². The highest BCUT2D eigenvalue weighted by atomic mass is 32.1. The van der Waals surface area contributed by atoms with Gasteiger partial charge in [0, 0.05) is 13.6 Å². The fourth-order valence-corrected chi connectivity index (χ4v) is 1.83. The first-order valence-corrected chi connectivity index (χ1v) is 5.05. The maximum atomic E-state index is 11.6. The summed E-state index contributed by atoms with van der Waals surface area (Å²) in [5, 5.41) is 0. The molecule has 4 nitrogen and oxygen atoms in total. The van der Waals surface area contributed by atoms with E-state index in [1.807, 2.05) is 13.8 Å². The van der Waals surface area contributed by atoms with Crippen molar-refractivity contribution in [3.05, 3.63) is 0 Å². The van der Waals surface area contributed by atoms with E-state index in [1.165, 1.54) is 11.9 Å². The van der Waals surface area contributed by atoms with Gasteiger partial charge in [-0.3, -0.25) is 9.69 Å². The summed E-state index contributed by atoms with van der Waals surface area (Å²) in [6, 6.07) is -0.263. The highest BCUT2D eigenvalue weighted by Crippen LogP contribution is 2.30. The first kappa shape index (κ1) is 11.4. The zero-order chi connectivity index (χ0) is 11.1. The molecule has 0 radical (unpaired) electrons. The van der Waals surface area contributed by atoms with E-state index in [0.29, 0.717) is 12.5 Å². The SMILES string of the molecule is CC(C)CN1C(=O)N(C)C(=O)[C@]1(C)S. The molecule has 0 aromatic carbocycles. The third-order valence-electron chi connectivity index (χ3n) is 2.30. The number of hydrogen-bond acceptors (Lipinski definition) is 3. The van der Waals surface area contributed by atoms with Crippen LogP contribution in [0.25, 0.3) is 0 Å². The number of amides is 3. The minimum atomic E-state index is -0.990. The molecule has 0 unspecified atom stereocenters. The normalized spacial score (nSPS) is 28.1. The Labute approximate surface area is 89.7 Å². The Kier molecular flexibility index (Phi) is 2.81. The third-order valence-corrected chi connectivity index (χ3v) is 2.73. The average Bonchev–Trinajstić information content (AvgIpc) is 2.20. The number of likely N-dealkylation sites (N-methyl/N-ethyl adjacent to an activating group) is 1. The summed E-state index contributed by atoms with van der Waals surface area (Å²) in [4.78, 5) is 24.9. The van der Waals surface area contributed by atoms with Crippen molar-refractivity contribution >= 4 is 24.6 Å². The summed E-state index contributed by atoms with van der Waals surface area (Å²) in [7, 11) is 1.49. The van der Waals surface area contributed by atoms with Crippen LogP contribution in [0.5, 0.6) is 0 Å². The van der Waals surface area contributed by atoms with E-state index in [2.05, 4.69) is 12.6 Å². The summed E-state index contributed by atoms with van der Waals surface area (Å²) in [5.74, 6) is 0.0659. The van der Waals surface area contributed by atoms with Gasteiger partial charge in [-0.2, -0.15) is 0 Å². The van der Waals surface area contributed by atoms with Crippen LogP contribution in [0.4, 0.5) is 4.79 Å². The number of hydrogen-bond donors (Lipinski definition) is 1. The van der Waals surface area contributed by atoms with E-state index < -0.39 is 4.87 Å². The van der Waals surface area contributed by atoms with E-state index in [9.17, 15) is 9.59 Å². The minimum absolute atomic E-state index is 0.258. The monoisotopic (exact) mass is 216 g/mol. The molecule has 0 aliphatic carbocycles. The van der Waals surface area contributed by atoms with Crippen LogP contribution < -0.4 is 0 Å². The molecule has 0 bridgehead atoms. The fraction of sp³-hybridized carbons (Fsp3) is 0.778. The maximum absolute atomic E-state index is 11.6. The summed E-state index contributed by atoms with van der Waals surface area (Å²) >= 11 is 4.25. The number of rotatable bonds is 2. The van der Waals surface area contributed by atoms with Gasteiger partial charge in [-0.25, -0.2) is 4.79 Å². The Morgan fingerprint density at radius 1 is 1.43 bits per heavy atom. The molecule has 0 N–H and O–H groups in total. The van der Waals surface area contributed by atoms with Gasteiger partial charge in [-0.1, -0.05) is 13.8 Å². The molecule has 5 heteroatoms. The minimum Gasteiger partial charge on any atom is -0.301 e. The van der Waals surface area contributed by atoms with Gasteiger partial charge in [0.1, 0.15) is 0 Å². The number of thiol groups is 1. The molecule has 0 spiro atoms. The van der Waals surface area contributed by atoms with Gasteiger partial charge in [0.2, 0.25) is 0 Å². The molecule has 1 aliphatic rings. The standard InChI is InChI=1S/C9H16N2O2S/c1-6(2)5-11-8(13)10(4)7(12)9(11,3)14/h6,14H,5H2,1-4H3/t9-/m0/s1. The van der Waals surface area contributed by atoms with E-state index >= 15 is 0 Å². The highest BCUT2D eigenvalue weighted by Gasteiger charge is 2.50. The summed E-state index contributed by atoms with van der Waals surface area (Å²) < 4.78 is 0. The first-order chi connectivity index (χ1) is 6.28. The fourth-order valence-electron chi connectivity index (χ4n) is 1.51. The van der Waals surface area contributed by atoms with E-state index in [-0.39, 0.29) is 11.9 Å². The number of carbonyl (C=O) groups excluding carboxylic acids is 2.